The Morgan fingerprint density at radius 1 is 1.44 bits per heavy atom. The van der Waals surface area contributed by atoms with Gasteiger partial charge in [-0.25, -0.2) is 4.79 Å². The molecular formula is C12H24N2O2. The van der Waals surface area contributed by atoms with Crippen LogP contribution >= 0.6 is 0 Å². The minimum Gasteiger partial charge on any atom is -0.444 e. The van der Waals surface area contributed by atoms with Crippen LogP contribution in [0.5, 0.6) is 0 Å². The van der Waals surface area contributed by atoms with Gasteiger partial charge in [-0.05, 0) is 53.0 Å². The van der Waals surface area contributed by atoms with Gasteiger partial charge < -0.3 is 15.4 Å². The van der Waals surface area contributed by atoms with E-state index in [4.69, 9.17) is 4.74 Å². The predicted octanol–water partition coefficient (Wildman–Crippen LogP) is 1.90. The van der Waals surface area contributed by atoms with Crippen molar-refractivity contribution >= 4 is 6.09 Å². The minimum atomic E-state index is -0.413. The molecule has 0 bridgehead atoms. The molecule has 1 fully saturated rings. The third-order valence-corrected chi connectivity index (χ3v) is 2.70. The number of ether oxygens (including phenoxy) is 1. The molecule has 0 saturated carbocycles. The molecule has 1 heterocycles. The molecule has 1 rings (SSSR count). The molecule has 1 aliphatic heterocycles. The molecule has 1 aliphatic rings. The van der Waals surface area contributed by atoms with Gasteiger partial charge in [-0.15, -0.1) is 0 Å². The van der Waals surface area contributed by atoms with Gasteiger partial charge in [-0.3, -0.25) is 0 Å². The molecule has 4 heteroatoms. The van der Waals surface area contributed by atoms with Crippen LogP contribution in [0, 0.1) is 5.92 Å². The quantitative estimate of drug-likeness (QED) is 0.759. The van der Waals surface area contributed by atoms with Crippen molar-refractivity contribution in [3.05, 3.63) is 0 Å². The van der Waals surface area contributed by atoms with Crippen molar-refractivity contribution in [1.82, 2.24) is 10.6 Å². The number of piperidine rings is 1. The highest BCUT2D eigenvalue weighted by Gasteiger charge is 2.20. The summed E-state index contributed by atoms with van der Waals surface area (Å²) < 4.78 is 5.18. The molecule has 4 nitrogen and oxygen atoms in total. The minimum absolute atomic E-state index is 0.314. The fourth-order valence-electron chi connectivity index (χ4n) is 1.77. The Morgan fingerprint density at radius 3 is 2.62 bits per heavy atom. The Hall–Kier alpha value is -0.770. The van der Waals surface area contributed by atoms with E-state index in [1.807, 2.05) is 20.8 Å². The number of carbonyl (C=O) groups excluding carboxylic acids is 1. The fourth-order valence-corrected chi connectivity index (χ4v) is 1.77. The van der Waals surface area contributed by atoms with E-state index in [1.165, 1.54) is 12.8 Å². The lowest BCUT2D eigenvalue weighted by Gasteiger charge is -2.28. The van der Waals surface area contributed by atoms with E-state index in [0.29, 0.717) is 18.5 Å². The lowest BCUT2D eigenvalue weighted by Crippen LogP contribution is -2.43. The Balaban J connectivity index is 2.17. The second-order valence-electron chi connectivity index (χ2n) is 5.64. The highest BCUT2D eigenvalue weighted by molar-refractivity contribution is 5.67. The lowest BCUT2D eigenvalue weighted by molar-refractivity contribution is 0.0516. The van der Waals surface area contributed by atoms with Crippen LogP contribution in [0.2, 0.25) is 0 Å². The van der Waals surface area contributed by atoms with Crippen LogP contribution in [0.4, 0.5) is 4.79 Å². The third kappa shape index (κ3) is 5.35. The number of rotatable bonds is 2. The van der Waals surface area contributed by atoms with E-state index < -0.39 is 5.60 Å². The van der Waals surface area contributed by atoms with Crippen molar-refractivity contribution in [3.8, 4) is 0 Å². The molecule has 1 amide bonds. The molecule has 16 heavy (non-hydrogen) atoms. The van der Waals surface area contributed by atoms with E-state index in [9.17, 15) is 4.79 Å². The molecule has 0 aromatic heterocycles. The Kier molecular flexibility index (Phi) is 4.59. The summed E-state index contributed by atoms with van der Waals surface area (Å²) in [5.41, 5.74) is -0.413. The maximum absolute atomic E-state index is 11.4. The largest absolute Gasteiger partial charge is 0.444 e. The summed E-state index contributed by atoms with van der Waals surface area (Å²) >= 11 is 0. The van der Waals surface area contributed by atoms with Gasteiger partial charge in [0.25, 0.3) is 0 Å². The molecule has 94 valence electrons. The first-order valence-electron chi connectivity index (χ1n) is 6.07. The van der Waals surface area contributed by atoms with Crippen LogP contribution in [0.25, 0.3) is 0 Å². The normalized spacial score (nSPS) is 26.2. The van der Waals surface area contributed by atoms with E-state index >= 15 is 0 Å². The first-order chi connectivity index (χ1) is 7.37. The zero-order valence-corrected chi connectivity index (χ0v) is 10.8. The number of alkyl carbamates (subject to hydrolysis) is 1. The summed E-state index contributed by atoms with van der Waals surface area (Å²) in [7, 11) is 0. The van der Waals surface area contributed by atoms with Crippen LogP contribution in [-0.2, 0) is 4.74 Å². The molecule has 0 aliphatic carbocycles. The summed E-state index contributed by atoms with van der Waals surface area (Å²) in [5.74, 6) is 0.531. The lowest BCUT2D eigenvalue weighted by atomic mass is 9.95. The first kappa shape index (κ1) is 13.3. The second kappa shape index (κ2) is 5.53. The van der Waals surface area contributed by atoms with Gasteiger partial charge >= 0.3 is 6.09 Å². The van der Waals surface area contributed by atoms with Crippen molar-refractivity contribution in [2.45, 2.75) is 52.2 Å². The van der Waals surface area contributed by atoms with Gasteiger partial charge in [0.05, 0.1) is 0 Å². The molecule has 0 radical (unpaired) electrons. The number of amides is 1. The standard InChI is InChI=1S/C12H24N2O2/c1-9-5-6-10(7-13-9)8-14-11(15)16-12(2,3)4/h9-10,13H,5-8H2,1-4H3,(H,14,15). The van der Waals surface area contributed by atoms with Crippen LogP contribution in [0.15, 0.2) is 0 Å². The van der Waals surface area contributed by atoms with Crippen LogP contribution in [-0.4, -0.2) is 30.8 Å². The number of nitrogens with one attached hydrogen (secondary N) is 2. The smallest absolute Gasteiger partial charge is 0.407 e. The molecular weight excluding hydrogens is 204 g/mol. The highest BCUT2D eigenvalue weighted by Crippen LogP contribution is 2.13. The SMILES string of the molecule is CC1CCC(CNC(=O)OC(C)(C)C)CN1. The van der Waals surface area contributed by atoms with Crippen LogP contribution in [0.3, 0.4) is 0 Å². The Bertz CT molecular complexity index is 228. The fraction of sp³-hybridized carbons (Fsp3) is 0.917. The summed E-state index contributed by atoms with van der Waals surface area (Å²) in [6.45, 7) is 9.49. The van der Waals surface area contributed by atoms with Gasteiger partial charge in [-0.2, -0.15) is 0 Å². The summed E-state index contributed by atoms with van der Waals surface area (Å²) in [6, 6.07) is 0.609. The average molecular weight is 228 g/mol. The molecule has 0 aromatic rings. The van der Waals surface area contributed by atoms with Crippen molar-refractivity contribution < 1.29 is 9.53 Å². The number of hydrogen-bond donors (Lipinski definition) is 2. The molecule has 0 spiro atoms. The number of hydrogen-bond acceptors (Lipinski definition) is 3. The second-order valence-corrected chi connectivity index (χ2v) is 5.64. The summed E-state index contributed by atoms with van der Waals surface area (Å²) in [5, 5.41) is 6.23. The van der Waals surface area contributed by atoms with Crippen molar-refractivity contribution in [2.75, 3.05) is 13.1 Å². The van der Waals surface area contributed by atoms with Crippen LogP contribution in [0.1, 0.15) is 40.5 Å². The summed E-state index contributed by atoms with van der Waals surface area (Å²) in [4.78, 5) is 11.4. The predicted molar refractivity (Wildman–Crippen MR) is 64.4 cm³/mol. The molecule has 0 aromatic carbocycles. The maximum atomic E-state index is 11.4. The first-order valence-corrected chi connectivity index (χ1v) is 6.07. The van der Waals surface area contributed by atoms with Gasteiger partial charge in [0.15, 0.2) is 0 Å². The average Bonchev–Trinajstić information content (AvgIpc) is 2.14. The Labute approximate surface area is 98.1 Å². The molecule has 2 N–H and O–H groups in total. The van der Waals surface area contributed by atoms with Gasteiger partial charge in [0.1, 0.15) is 5.60 Å². The van der Waals surface area contributed by atoms with Gasteiger partial charge in [0, 0.05) is 12.6 Å². The summed E-state index contributed by atoms with van der Waals surface area (Å²) in [6.07, 6.45) is 2.04. The third-order valence-electron chi connectivity index (χ3n) is 2.70. The van der Waals surface area contributed by atoms with Crippen molar-refractivity contribution in [3.63, 3.8) is 0 Å². The monoisotopic (exact) mass is 228 g/mol. The van der Waals surface area contributed by atoms with Gasteiger partial charge in [0.2, 0.25) is 0 Å². The Morgan fingerprint density at radius 2 is 2.12 bits per heavy atom. The van der Waals surface area contributed by atoms with Gasteiger partial charge in [-0.1, -0.05) is 0 Å². The zero-order chi connectivity index (χ0) is 12.2. The van der Waals surface area contributed by atoms with E-state index in [0.717, 1.165) is 6.54 Å². The topological polar surface area (TPSA) is 50.4 Å². The van der Waals surface area contributed by atoms with Crippen LogP contribution < -0.4 is 10.6 Å². The highest BCUT2D eigenvalue weighted by atomic mass is 16.6. The molecule has 2 atom stereocenters. The maximum Gasteiger partial charge on any atom is 0.407 e. The zero-order valence-electron chi connectivity index (χ0n) is 10.8. The van der Waals surface area contributed by atoms with Crippen molar-refractivity contribution in [2.24, 2.45) is 5.92 Å². The molecule has 2 unspecified atom stereocenters. The van der Waals surface area contributed by atoms with E-state index in [1.54, 1.807) is 0 Å². The van der Waals surface area contributed by atoms with Crippen molar-refractivity contribution in [1.29, 1.82) is 0 Å². The van der Waals surface area contributed by atoms with E-state index in [2.05, 4.69) is 17.6 Å². The van der Waals surface area contributed by atoms with E-state index in [-0.39, 0.29) is 6.09 Å². The number of carbonyl (C=O) groups is 1. The molecule has 1 saturated heterocycles.